The second-order valence-corrected chi connectivity index (χ2v) is 4.48. The van der Waals surface area contributed by atoms with Crippen LogP contribution in [0.3, 0.4) is 0 Å². The van der Waals surface area contributed by atoms with E-state index < -0.39 is 5.95 Å². The second-order valence-electron chi connectivity index (χ2n) is 4.48. The van der Waals surface area contributed by atoms with E-state index in [-0.39, 0.29) is 5.88 Å². The van der Waals surface area contributed by atoms with Crippen LogP contribution in [0.4, 0.5) is 4.39 Å². The first kappa shape index (κ1) is 14.0. The molecule has 3 rings (SSSR count). The second kappa shape index (κ2) is 6.21. The molecule has 0 fully saturated rings. The van der Waals surface area contributed by atoms with Gasteiger partial charge in [0.15, 0.2) is 11.5 Å². The summed E-state index contributed by atoms with van der Waals surface area (Å²) in [6.07, 6.45) is 3.11. The first-order valence-electron chi connectivity index (χ1n) is 6.54. The van der Waals surface area contributed by atoms with Crippen LogP contribution in [0.2, 0.25) is 0 Å². The SMILES string of the molecule is COc1cc(Cn2cncn2)ccc1Oc1cccc(F)n1. The zero-order valence-corrected chi connectivity index (χ0v) is 11.8. The zero-order chi connectivity index (χ0) is 15.4. The van der Waals surface area contributed by atoms with Crippen molar-refractivity contribution < 1.29 is 13.9 Å². The molecular weight excluding hydrogens is 287 g/mol. The van der Waals surface area contributed by atoms with E-state index in [1.165, 1.54) is 18.5 Å². The van der Waals surface area contributed by atoms with E-state index in [1.54, 1.807) is 30.3 Å². The topological polar surface area (TPSA) is 62.1 Å². The number of ether oxygens (including phenoxy) is 2. The van der Waals surface area contributed by atoms with E-state index >= 15 is 0 Å². The van der Waals surface area contributed by atoms with Crippen LogP contribution in [0.5, 0.6) is 17.4 Å². The Balaban J connectivity index is 1.82. The van der Waals surface area contributed by atoms with Crippen molar-refractivity contribution in [3.8, 4) is 17.4 Å². The van der Waals surface area contributed by atoms with Gasteiger partial charge in [0.05, 0.1) is 13.7 Å². The molecule has 0 unspecified atom stereocenters. The van der Waals surface area contributed by atoms with Crippen LogP contribution >= 0.6 is 0 Å². The smallest absolute Gasteiger partial charge is 0.222 e. The molecule has 0 amide bonds. The van der Waals surface area contributed by atoms with Crippen LogP contribution < -0.4 is 9.47 Å². The van der Waals surface area contributed by atoms with Crippen molar-refractivity contribution in [2.45, 2.75) is 6.54 Å². The van der Waals surface area contributed by atoms with Crippen LogP contribution in [0, 0.1) is 5.95 Å². The number of pyridine rings is 1. The van der Waals surface area contributed by atoms with Crippen LogP contribution in [0.15, 0.2) is 49.1 Å². The number of hydrogen-bond donors (Lipinski definition) is 0. The van der Waals surface area contributed by atoms with Crippen LogP contribution in [0.25, 0.3) is 0 Å². The molecule has 0 aliphatic heterocycles. The van der Waals surface area contributed by atoms with Crippen molar-refractivity contribution in [3.05, 3.63) is 60.6 Å². The van der Waals surface area contributed by atoms with E-state index in [0.717, 1.165) is 5.56 Å². The minimum Gasteiger partial charge on any atom is -0.493 e. The van der Waals surface area contributed by atoms with Gasteiger partial charge < -0.3 is 9.47 Å². The number of hydrogen-bond acceptors (Lipinski definition) is 5. The summed E-state index contributed by atoms with van der Waals surface area (Å²) in [5, 5.41) is 4.05. The molecule has 6 nitrogen and oxygen atoms in total. The molecule has 112 valence electrons. The predicted octanol–water partition coefficient (Wildman–Crippen LogP) is 2.66. The van der Waals surface area contributed by atoms with E-state index in [4.69, 9.17) is 9.47 Å². The van der Waals surface area contributed by atoms with Gasteiger partial charge in [0.1, 0.15) is 12.7 Å². The largest absolute Gasteiger partial charge is 0.493 e. The van der Waals surface area contributed by atoms with Crippen molar-refractivity contribution in [1.29, 1.82) is 0 Å². The van der Waals surface area contributed by atoms with Gasteiger partial charge in [0.2, 0.25) is 11.8 Å². The number of benzene rings is 1. The van der Waals surface area contributed by atoms with Crippen molar-refractivity contribution in [3.63, 3.8) is 0 Å². The Morgan fingerprint density at radius 2 is 2.09 bits per heavy atom. The summed E-state index contributed by atoms with van der Waals surface area (Å²) >= 11 is 0. The minimum absolute atomic E-state index is 0.169. The zero-order valence-electron chi connectivity index (χ0n) is 11.8. The highest BCUT2D eigenvalue weighted by Crippen LogP contribution is 2.31. The lowest BCUT2D eigenvalue weighted by atomic mass is 10.2. The molecule has 0 aliphatic rings. The summed E-state index contributed by atoms with van der Waals surface area (Å²) in [5.41, 5.74) is 0.974. The van der Waals surface area contributed by atoms with E-state index in [2.05, 4.69) is 15.1 Å². The van der Waals surface area contributed by atoms with Gasteiger partial charge in [0.25, 0.3) is 0 Å². The third kappa shape index (κ3) is 3.20. The highest BCUT2D eigenvalue weighted by molar-refractivity contribution is 5.44. The normalized spacial score (nSPS) is 10.5. The van der Waals surface area contributed by atoms with Crippen LogP contribution in [-0.4, -0.2) is 26.9 Å². The maximum Gasteiger partial charge on any atom is 0.222 e. The summed E-state index contributed by atoms with van der Waals surface area (Å²) in [6, 6.07) is 9.81. The molecule has 0 atom stereocenters. The highest BCUT2D eigenvalue weighted by Gasteiger charge is 2.09. The summed E-state index contributed by atoms with van der Waals surface area (Å²) in [6.45, 7) is 0.564. The Labute approximate surface area is 126 Å². The molecule has 0 N–H and O–H groups in total. The number of nitrogens with zero attached hydrogens (tertiary/aromatic N) is 4. The predicted molar refractivity (Wildman–Crippen MR) is 76.4 cm³/mol. The first-order chi connectivity index (χ1) is 10.7. The fourth-order valence-electron chi connectivity index (χ4n) is 1.96. The minimum atomic E-state index is -0.598. The Kier molecular flexibility index (Phi) is 3.95. The van der Waals surface area contributed by atoms with Gasteiger partial charge in [-0.05, 0) is 23.8 Å². The molecule has 7 heteroatoms. The quantitative estimate of drug-likeness (QED) is 0.678. The first-order valence-corrected chi connectivity index (χ1v) is 6.54. The lowest BCUT2D eigenvalue weighted by Gasteiger charge is -2.11. The molecule has 0 saturated carbocycles. The maximum absolute atomic E-state index is 13.1. The molecule has 3 aromatic rings. The van der Waals surface area contributed by atoms with Gasteiger partial charge in [-0.15, -0.1) is 0 Å². The lowest BCUT2D eigenvalue weighted by Crippen LogP contribution is -2.01. The maximum atomic E-state index is 13.1. The number of rotatable bonds is 5. The summed E-state index contributed by atoms with van der Waals surface area (Å²) in [5.74, 6) is 0.563. The third-order valence-electron chi connectivity index (χ3n) is 2.94. The Morgan fingerprint density at radius 1 is 1.18 bits per heavy atom. The number of aromatic nitrogens is 4. The van der Waals surface area contributed by atoms with E-state index in [0.29, 0.717) is 18.0 Å². The van der Waals surface area contributed by atoms with Crippen LogP contribution in [-0.2, 0) is 6.54 Å². The van der Waals surface area contributed by atoms with Gasteiger partial charge in [-0.3, -0.25) is 0 Å². The fraction of sp³-hybridized carbons (Fsp3) is 0.133. The van der Waals surface area contributed by atoms with E-state index in [9.17, 15) is 4.39 Å². The van der Waals surface area contributed by atoms with Gasteiger partial charge in [-0.2, -0.15) is 14.5 Å². The summed E-state index contributed by atoms with van der Waals surface area (Å²) in [7, 11) is 1.54. The third-order valence-corrected chi connectivity index (χ3v) is 2.94. The molecule has 0 radical (unpaired) electrons. The molecule has 2 heterocycles. The highest BCUT2D eigenvalue weighted by atomic mass is 19.1. The van der Waals surface area contributed by atoms with Crippen molar-refractivity contribution in [1.82, 2.24) is 19.7 Å². The Morgan fingerprint density at radius 3 is 2.82 bits per heavy atom. The monoisotopic (exact) mass is 300 g/mol. The van der Waals surface area contributed by atoms with Crippen molar-refractivity contribution in [2.24, 2.45) is 0 Å². The van der Waals surface area contributed by atoms with Gasteiger partial charge in [-0.25, -0.2) is 9.67 Å². The molecule has 22 heavy (non-hydrogen) atoms. The Bertz CT molecular complexity index is 762. The molecule has 1 aromatic carbocycles. The molecule has 0 saturated heterocycles. The van der Waals surface area contributed by atoms with Gasteiger partial charge in [-0.1, -0.05) is 12.1 Å². The molecular formula is C15H13FN4O2. The van der Waals surface area contributed by atoms with Crippen molar-refractivity contribution in [2.75, 3.05) is 7.11 Å². The molecule has 0 bridgehead atoms. The fourth-order valence-corrected chi connectivity index (χ4v) is 1.96. The van der Waals surface area contributed by atoms with Crippen molar-refractivity contribution >= 4 is 0 Å². The molecule has 0 spiro atoms. The Hall–Kier alpha value is -2.96. The number of halogens is 1. The standard InChI is InChI=1S/C15H13FN4O2/c1-21-13-7-11(8-20-10-17-9-18-20)5-6-12(13)22-15-4-2-3-14(16)19-15/h2-7,9-10H,8H2,1H3. The summed E-state index contributed by atoms with van der Waals surface area (Å²) in [4.78, 5) is 7.55. The van der Waals surface area contributed by atoms with Gasteiger partial charge in [0, 0.05) is 6.07 Å². The van der Waals surface area contributed by atoms with Crippen LogP contribution in [0.1, 0.15) is 5.56 Å². The van der Waals surface area contributed by atoms with E-state index in [1.807, 2.05) is 12.1 Å². The molecule has 0 aliphatic carbocycles. The molecule has 2 aromatic heterocycles. The lowest BCUT2D eigenvalue weighted by molar-refractivity contribution is 0.370. The number of methoxy groups -OCH3 is 1. The van der Waals surface area contributed by atoms with Gasteiger partial charge >= 0.3 is 0 Å². The summed E-state index contributed by atoms with van der Waals surface area (Å²) < 4.78 is 25.7. The average molecular weight is 300 g/mol. The average Bonchev–Trinajstić information content (AvgIpc) is 3.02.